The molecule has 0 unspecified atom stereocenters. The minimum atomic E-state index is -5.09. The summed E-state index contributed by atoms with van der Waals surface area (Å²) in [5.41, 5.74) is -3.25. The van der Waals surface area contributed by atoms with Crippen LogP contribution in [-0.4, -0.2) is 66.4 Å². The average molecular weight is 571 g/mol. The van der Waals surface area contributed by atoms with E-state index < -0.39 is 56.4 Å². The first-order valence-electron chi connectivity index (χ1n) is 11.7. The molecule has 4 saturated carbocycles. The van der Waals surface area contributed by atoms with Gasteiger partial charge in [-0.1, -0.05) is 13.8 Å². The molecule has 0 spiro atoms. The molecule has 0 saturated heterocycles. The van der Waals surface area contributed by atoms with E-state index in [2.05, 4.69) is 11.1 Å². The minimum absolute atomic E-state index is 0. The molecule has 0 aromatic rings. The molecule has 196 valence electrons. The molecule has 4 rings (SSSR count). The molecular formula is C21H32Na2O11S2. The quantitative estimate of drug-likeness (QED) is 0.176. The van der Waals surface area contributed by atoms with Crippen molar-refractivity contribution in [3.8, 4) is 0 Å². The van der Waals surface area contributed by atoms with Crippen molar-refractivity contribution in [3.63, 3.8) is 0 Å². The van der Waals surface area contributed by atoms with Crippen LogP contribution in [0.5, 0.6) is 0 Å². The third kappa shape index (κ3) is 6.00. The van der Waals surface area contributed by atoms with Crippen LogP contribution in [0, 0.1) is 34.5 Å². The molecule has 11 nitrogen and oxygen atoms in total. The summed E-state index contributed by atoms with van der Waals surface area (Å²) in [6, 6.07) is 0. The first kappa shape index (κ1) is 33.5. The number of hydrogen-bond acceptors (Lipinski definition) is 11. The van der Waals surface area contributed by atoms with Crippen LogP contribution in [-0.2, 0) is 34.0 Å². The molecule has 36 heavy (non-hydrogen) atoms. The van der Waals surface area contributed by atoms with Crippen LogP contribution in [0.2, 0.25) is 0 Å². The van der Waals surface area contributed by atoms with Crippen molar-refractivity contribution in [1.82, 2.24) is 0 Å². The third-order valence-electron chi connectivity index (χ3n) is 9.75. The zero-order chi connectivity index (χ0) is 25.3. The number of Topliss-reactive ketones (excluding diaryl/α,β-unsaturated/α-hetero) is 1. The smallest absolute Gasteiger partial charge is 0.726 e. The molecule has 4 aliphatic rings. The standard InChI is InChI=1S/C21H34O11S2.2Na/c1-19-7-5-13(32-34(28,29)30)9-12(19)3-4-14-15-6-8-21(24,17(23)11-31-33(25,26)27)20(15,2)10-16(22)18(14)19;;/h12-16,18,22,24H,3-11H2,1-2H3,(H,25,26,27)(H,28,29,30);;/q;2*+1/p-2/t12-,13-,14+,15+,16+,18-,19+,20+,21+;;/m1../s1. The van der Waals surface area contributed by atoms with Crippen LogP contribution in [0.4, 0.5) is 0 Å². The van der Waals surface area contributed by atoms with Crippen molar-refractivity contribution in [2.45, 2.75) is 83.0 Å². The van der Waals surface area contributed by atoms with Crippen molar-refractivity contribution in [3.05, 3.63) is 0 Å². The number of hydrogen-bond donors (Lipinski definition) is 2. The Morgan fingerprint density at radius 1 is 1.00 bits per heavy atom. The zero-order valence-electron chi connectivity index (χ0n) is 21.2. The fraction of sp³-hybridized carbons (Fsp3) is 0.952. The van der Waals surface area contributed by atoms with Crippen molar-refractivity contribution in [2.24, 2.45) is 34.5 Å². The number of carbonyl (C=O) groups is 1. The van der Waals surface area contributed by atoms with Crippen LogP contribution in [0.1, 0.15) is 65.2 Å². The molecule has 0 heterocycles. The summed E-state index contributed by atoms with van der Waals surface area (Å²) in [6.07, 6.45) is 2.03. The first-order chi connectivity index (χ1) is 15.5. The summed E-state index contributed by atoms with van der Waals surface area (Å²) in [5, 5.41) is 22.8. The first-order valence-corrected chi connectivity index (χ1v) is 14.3. The van der Waals surface area contributed by atoms with Gasteiger partial charge in [-0.2, -0.15) is 0 Å². The third-order valence-corrected chi connectivity index (χ3v) is 10.7. The van der Waals surface area contributed by atoms with Gasteiger partial charge in [0, 0.05) is 5.41 Å². The predicted octanol–water partition coefficient (Wildman–Crippen LogP) is -5.37. The molecule has 0 radical (unpaired) electrons. The number of carbonyl (C=O) groups excluding carboxylic acids is 1. The summed E-state index contributed by atoms with van der Waals surface area (Å²) in [6.45, 7) is 2.78. The van der Waals surface area contributed by atoms with Crippen LogP contribution in [0.15, 0.2) is 0 Å². The van der Waals surface area contributed by atoms with Gasteiger partial charge < -0.3 is 19.3 Å². The van der Waals surface area contributed by atoms with Gasteiger partial charge >= 0.3 is 59.1 Å². The van der Waals surface area contributed by atoms with Gasteiger partial charge in [0.05, 0.1) is 12.2 Å². The second-order valence-electron chi connectivity index (χ2n) is 11.2. The Kier molecular flexibility index (Phi) is 10.5. The number of ketones is 1. The molecular weight excluding hydrogens is 538 g/mol. The van der Waals surface area contributed by atoms with E-state index in [4.69, 9.17) is 4.18 Å². The Balaban J connectivity index is 0.00000228. The van der Waals surface area contributed by atoms with E-state index in [1.807, 2.05) is 0 Å². The maximum Gasteiger partial charge on any atom is 1.00 e. The summed E-state index contributed by atoms with van der Waals surface area (Å²) >= 11 is 0. The van der Waals surface area contributed by atoms with E-state index in [9.17, 15) is 40.9 Å². The Labute approximate surface area is 256 Å². The van der Waals surface area contributed by atoms with E-state index in [1.54, 1.807) is 6.92 Å². The van der Waals surface area contributed by atoms with Crippen LogP contribution in [0.25, 0.3) is 0 Å². The second kappa shape index (κ2) is 11.3. The molecule has 0 aliphatic heterocycles. The molecule has 4 fully saturated rings. The summed E-state index contributed by atoms with van der Waals surface area (Å²) in [4.78, 5) is 12.8. The fourth-order valence-corrected chi connectivity index (χ4v) is 9.07. The van der Waals surface area contributed by atoms with E-state index in [-0.39, 0.29) is 101 Å². The van der Waals surface area contributed by atoms with Gasteiger partial charge in [0.15, 0.2) is 5.78 Å². The van der Waals surface area contributed by atoms with Gasteiger partial charge in [0.25, 0.3) is 0 Å². The maximum atomic E-state index is 12.8. The Bertz CT molecular complexity index is 1050. The molecule has 0 amide bonds. The molecule has 4 aliphatic carbocycles. The molecule has 9 atom stereocenters. The van der Waals surface area contributed by atoms with E-state index in [0.29, 0.717) is 32.1 Å². The topological polar surface area (TPSA) is 190 Å². The fourth-order valence-electron chi connectivity index (χ4n) is 8.31. The van der Waals surface area contributed by atoms with Gasteiger partial charge in [-0.05, 0) is 80.5 Å². The SMILES string of the molecule is C[C@]12CC[C@@H](OS(=O)(=O)[O-])C[C@H]1CC[C@@H]1[C@@H]2[C@@H](O)C[C@@]2(C)[C@H]1CC[C@]2(O)C(=O)COS(=O)(=O)[O-].[Na+].[Na+]. The van der Waals surface area contributed by atoms with Crippen molar-refractivity contribution in [1.29, 1.82) is 0 Å². The van der Waals surface area contributed by atoms with Gasteiger partial charge in [-0.3, -0.25) is 13.2 Å². The van der Waals surface area contributed by atoms with Gasteiger partial charge in [-0.25, -0.2) is 16.8 Å². The minimum Gasteiger partial charge on any atom is -0.726 e. The number of aliphatic hydroxyl groups is 2. The monoisotopic (exact) mass is 570 g/mol. The van der Waals surface area contributed by atoms with E-state index >= 15 is 0 Å². The van der Waals surface area contributed by atoms with Gasteiger partial charge in [-0.15, -0.1) is 0 Å². The average Bonchev–Trinajstić information content (AvgIpc) is 2.96. The summed E-state index contributed by atoms with van der Waals surface area (Å²) in [5.74, 6) is -1.05. The summed E-state index contributed by atoms with van der Waals surface area (Å²) in [7, 11) is -9.89. The van der Waals surface area contributed by atoms with Crippen molar-refractivity contribution >= 4 is 26.6 Å². The van der Waals surface area contributed by atoms with Crippen LogP contribution >= 0.6 is 0 Å². The molecule has 0 aromatic heterocycles. The number of aliphatic hydroxyl groups excluding tert-OH is 1. The molecule has 0 aromatic carbocycles. The van der Waals surface area contributed by atoms with E-state index in [1.165, 1.54) is 0 Å². The van der Waals surface area contributed by atoms with Gasteiger partial charge in [0.2, 0.25) is 20.8 Å². The zero-order valence-corrected chi connectivity index (χ0v) is 26.8. The molecule has 15 heteroatoms. The molecule has 0 bridgehead atoms. The van der Waals surface area contributed by atoms with Crippen molar-refractivity contribution < 1.29 is 108 Å². The van der Waals surface area contributed by atoms with Crippen LogP contribution < -0.4 is 59.1 Å². The molecule has 2 N–H and O–H groups in total. The van der Waals surface area contributed by atoms with Gasteiger partial charge in [0.1, 0.15) is 12.2 Å². The number of fused-ring (bicyclic) bond motifs is 5. The van der Waals surface area contributed by atoms with E-state index in [0.717, 1.165) is 6.42 Å². The Hall–Kier alpha value is 1.33. The normalized spacial score (nSPS) is 44.3. The predicted molar refractivity (Wildman–Crippen MR) is 113 cm³/mol. The maximum absolute atomic E-state index is 12.8. The summed E-state index contributed by atoms with van der Waals surface area (Å²) < 4.78 is 74.5. The van der Waals surface area contributed by atoms with Crippen LogP contribution in [0.3, 0.4) is 0 Å². The second-order valence-corrected chi connectivity index (χ2v) is 13.2. The largest absolute Gasteiger partial charge is 1.00 e. The van der Waals surface area contributed by atoms with Crippen molar-refractivity contribution in [2.75, 3.05) is 6.61 Å². The Morgan fingerprint density at radius 2 is 1.64 bits per heavy atom. The Morgan fingerprint density at radius 3 is 2.22 bits per heavy atom. The number of rotatable bonds is 6.